The van der Waals surface area contributed by atoms with E-state index in [4.69, 9.17) is 5.73 Å². The van der Waals surface area contributed by atoms with Crippen LogP contribution in [0.3, 0.4) is 0 Å². The van der Waals surface area contributed by atoms with Crippen molar-refractivity contribution in [2.45, 2.75) is 12.8 Å². The van der Waals surface area contributed by atoms with Gasteiger partial charge >= 0.3 is 0 Å². The summed E-state index contributed by atoms with van der Waals surface area (Å²) in [6, 6.07) is 1.98. The van der Waals surface area contributed by atoms with Crippen molar-refractivity contribution in [2.24, 2.45) is 11.7 Å². The van der Waals surface area contributed by atoms with E-state index in [1.54, 1.807) is 23.7 Å². The van der Waals surface area contributed by atoms with Crippen LogP contribution in [-0.4, -0.2) is 29.0 Å². The van der Waals surface area contributed by atoms with E-state index in [2.05, 4.69) is 14.9 Å². The molecule has 0 spiro atoms. The van der Waals surface area contributed by atoms with Gasteiger partial charge in [-0.2, -0.15) is 0 Å². The maximum absolute atomic E-state index is 11.1. The fourth-order valence-electron chi connectivity index (χ4n) is 2.26. The van der Waals surface area contributed by atoms with E-state index >= 15 is 0 Å². The van der Waals surface area contributed by atoms with Gasteiger partial charge in [0.1, 0.15) is 5.52 Å². The minimum Gasteiger partial charge on any atom is -0.369 e. The van der Waals surface area contributed by atoms with E-state index in [0.717, 1.165) is 41.3 Å². The number of pyridine rings is 1. The lowest BCUT2D eigenvalue weighted by atomic mass is 9.97. The van der Waals surface area contributed by atoms with Gasteiger partial charge in [0.15, 0.2) is 5.13 Å². The molecule has 3 rings (SSSR count). The molecule has 3 heterocycles. The van der Waals surface area contributed by atoms with Crippen LogP contribution in [0.1, 0.15) is 12.8 Å². The molecule has 94 valence electrons. The van der Waals surface area contributed by atoms with Crippen LogP contribution in [0.4, 0.5) is 5.13 Å². The van der Waals surface area contributed by atoms with Crippen LogP contribution in [-0.2, 0) is 4.79 Å². The van der Waals surface area contributed by atoms with E-state index in [9.17, 15) is 4.79 Å². The summed E-state index contributed by atoms with van der Waals surface area (Å²) in [6.45, 7) is 1.70. The fraction of sp³-hybridized carbons (Fsp3) is 0.417. The number of anilines is 1. The highest BCUT2D eigenvalue weighted by atomic mass is 32.1. The van der Waals surface area contributed by atoms with Crippen molar-refractivity contribution in [3.05, 3.63) is 18.5 Å². The van der Waals surface area contributed by atoms with Crippen molar-refractivity contribution >= 4 is 32.6 Å². The molecule has 5 nitrogen and oxygen atoms in total. The normalized spacial score (nSPS) is 17.2. The average Bonchev–Trinajstić information content (AvgIpc) is 2.82. The molecule has 1 aliphatic rings. The van der Waals surface area contributed by atoms with Crippen LogP contribution in [0.5, 0.6) is 0 Å². The summed E-state index contributed by atoms with van der Waals surface area (Å²) in [4.78, 5) is 22.0. The fourth-order valence-corrected chi connectivity index (χ4v) is 3.24. The number of nitrogens with two attached hydrogens (primary N) is 1. The summed E-state index contributed by atoms with van der Waals surface area (Å²) in [7, 11) is 0. The zero-order valence-electron chi connectivity index (χ0n) is 9.87. The third-order valence-electron chi connectivity index (χ3n) is 3.35. The van der Waals surface area contributed by atoms with Crippen molar-refractivity contribution in [1.82, 2.24) is 9.97 Å². The highest BCUT2D eigenvalue weighted by Crippen LogP contribution is 2.30. The van der Waals surface area contributed by atoms with E-state index in [0.29, 0.717) is 0 Å². The Balaban J connectivity index is 1.78. The Morgan fingerprint density at radius 1 is 1.44 bits per heavy atom. The molecular weight excluding hydrogens is 248 g/mol. The number of aromatic nitrogens is 2. The molecule has 0 radical (unpaired) electrons. The first-order valence-corrected chi connectivity index (χ1v) is 6.80. The summed E-state index contributed by atoms with van der Waals surface area (Å²) in [5, 5.41) is 1.01. The Labute approximate surface area is 109 Å². The standard InChI is InChI=1S/C12H14N4OS/c13-11(17)8-2-5-16(6-3-8)12-15-9-7-14-4-1-10(9)18-12/h1,4,7-8H,2-3,5-6H2,(H2,13,17). The van der Waals surface area contributed by atoms with Crippen LogP contribution in [0, 0.1) is 5.92 Å². The van der Waals surface area contributed by atoms with Crippen molar-refractivity contribution < 1.29 is 4.79 Å². The third-order valence-corrected chi connectivity index (χ3v) is 4.44. The number of nitrogens with zero attached hydrogens (tertiary/aromatic N) is 3. The minimum absolute atomic E-state index is 0.0253. The largest absolute Gasteiger partial charge is 0.369 e. The number of thiazole rings is 1. The number of amides is 1. The number of fused-ring (bicyclic) bond motifs is 1. The molecule has 1 aliphatic heterocycles. The van der Waals surface area contributed by atoms with Gasteiger partial charge in [0.25, 0.3) is 0 Å². The van der Waals surface area contributed by atoms with Gasteiger partial charge in [-0.1, -0.05) is 11.3 Å². The van der Waals surface area contributed by atoms with Crippen molar-refractivity contribution in [1.29, 1.82) is 0 Å². The molecule has 18 heavy (non-hydrogen) atoms. The Bertz CT molecular complexity index is 541. The second-order valence-corrected chi connectivity index (χ2v) is 5.51. The van der Waals surface area contributed by atoms with Crippen molar-refractivity contribution in [2.75, 3.05) is 18.0 Å². The predicted octanol–water partition coefficient (Wildman–Crippen LogP) is 1.39. The first kappa shape index (κ1) is 11.4. The highest BCUT2D eigenvalue weighted by molar-refractivity contribution is 7.22. The van der Waals surface area contributed by atoms with Crippen LogP contribution >= 0.6 is 11.3 Å². The van der Waals surface area contributed by atoms with Crippen LogP contribution < -0.4 is 10.6 Å². The van der Waals surface area contributed by atoms with E-state index < -0.39 is 0 Å². The molecule has 2 aromatic heterocycles. The van der Waals surface area contributed by atoms with Crippen LogP contribution in [0.25, 0.3) is 10.2 Å². The summed E-state index contributed by atoms with van der Waals surface area (Å²) >= 11 is 1.67. The molecule has 0 bridgehead atoms. The lowest BCUT2D eigenvalue weighted by Crippen LogP contribution is -2.38. The molecule has 0 atom stereocenters. The number of hydrogen-bond acceptors (Lipinski definition) is 5. The zero-order valence-corrected chi connectivity index (χ0v) is 10.7. The van der Waals surface area contributed by atoms with Gasteiger partial charge in [-0.25, -0.2) is 4.98 Å². The summed E-state index contributed by atoms with van der Waals surface area (Å²) in [5.74, 6) is -0.152. The second kappa shape index (κ2) is 4.53. The molecule has 0 saturated carbocycles. The van der Waals surface area contributed by atoms with Crippen LogP contribution in [0.15, 0.2) is 18.5 Å². The second-order valence-electron chi connectivity index (χ2n) is 4.50. The Hall–Kier alpha value is -1.69. The summed E-state index contributed by atoms with van der Waals surface area (Å²) in [6.07, 6.45) is 5.21. The van der Waals surface area contributed by atoms with Gasteiger partial charge in [0.2, 0.25) is 5.91 Å². The monoisotopic (exact) mass is 262 g/mol. The van der Waals surface area contributed by atoms with Crippen molar-refractivity contribution in [3.63, 3.8) is 0 Å². The first-order chi connectivity index (χ1) is 8.74. The topological polar surface area (TPSA) is 72.1 Å². The maximum atomic E-state index is 11.1. The molecule has 0 unspecified atom stereocenters. The average molecular weight is 262 g/mol. The summed E-state index contributed by atoms with van der Waals surface area (Å²) in [5.41, 5.74) is 6.27. The molecule has 1 saturated heterocycles. The van der Waals surface area contributed by atoms with Crippen molar-refractivity contribution in [3.8, 4) is 0 Å². The molecule has 2 N–H and O–H groups in total. The van der Waals surface area contributed by atoms with Gasteiger partial charge in [-0.3, -0.25) is 9.78 Å². The number of carbonyl (C=O) groups is 1. The lowest BCUT2D eigenvalue weighted by Gasteiger charge is -2.30. The molecule has 0 aliphatic carbocycles. The van der Waals surface area contributed by atoms with Crippen LogP contribution in [0.2, 0.25) is 0 Å². The number of carbonyl (C=O) groups excluding carboxylic acids is 1. The molecule has 0 aromatic carbocycles. The minimum atomic E-state index is -0.178. The van der Waals surface area contributed by atoms with E-state index in [1.165, 1.54) is 0 Å². The van der Waals surface area contributed by atoms with E-state index in [1.807, 2.05) is 6.07 Å². The third kappa shape index (κ3) is 2.03. The highest BCUT2D eigenvalue weighted by Gasteiger charge is 2.24. The van der Waals surface area contributed by atoms with Gasteiger partial charge in [0, 0.05) is 25.2 Å². The molecule has 2 aromatic rings. The molecule has 1 amide bonds. The predicted molar refractivity (Wildman–Crippen MR) is 71.5 cm³/mol. The van der Waals surface area contributed by atoms with Gasteiger partial charge in [0.05, 0.1) is 10.9 Å². The quantitative estimate of drug-likeness (QED) is 0.887. The Kier molecular flexibility index (Phi) is 2.87. The number of primary amides is 1. The lowest BCUT2D eigenvalue weighted by molar-refractivity contribution is -0.122. The molecule has 6 heteroatoms. The van der Waals surface area contributed by atoms with Gasteiger partial charge < -0.3 is 10.6 Å². The summed E-state index contributed by atoms with van der Waals surface area (Å²) < 4.78 is 1.15. The SMILES string of the molecule is NC(=O)C1CCN(c2nc3cnccc3s2)CC1. The molecular formula is C12H14N4OS. The Morgan fingerprint density at radius 2 is 2.22 bits per heavy atom. The zero-order chi connectivity index (χ0) is 12.5. The first-order valence-electron chi connectivity index (χ1n) is 5.99. The Morgan fingerprint density at radius 3 is 2.89 bits per heavy atom. The molecule has 1 fully saturated rings. The smallest absolute Gasteiger partial charge is 0.220 e. The van der Waals surface area contributed by atoms with Gasteiger partial charge in [-0.15, -0.1) is 0 Å². The van der Waals surface area contributed by atoms with E-state index in [-0.39, 0.29) is 11.8 Å². The van der Waals surface area contributed by atoms with Gasteiger partial charge in [-0.05, 0) is 18.9 Å². The maximum Gasteiger partial charge on any atom is 0.220 e. The number of piperidine rings is 1. The number of hydrogen-bond donors (Lipinski definition) is 1. The number of rotatable bonds is 2.